The van der Waals surface area contributed by atoms with E-state index in [0.29, 0.717) is 0 Å². The first-order chi connectivity index (χ1) is 10.9. The molecule has 0 aromatic heterocycles. The van der Waals surface area contributed by atoms with Gasteiger partial charge in [0.2, 0.25) is 0 Å². The molecule has 1 aromatic rings. The fraction of sp³-hybridized carbons (Fsp3) is 0.619. The second-order valence-corrected chi connectivity index (χ2v) is 6.92. The number of hydrogen-bond donors (Lipinski definition) is 0. The average Bonchev–Trinajstić information content (AvgIpc) is 2.61. The van der Waals surface area contributed by atoms with Gasteiger partial charge in [0.1, 0.15) is 0 Å². The van der Waals surface area contributed by atoms with E-state index in [-0.39, 0.29) is 0 Å². The molecule has 0 heterocycles. The van der Waals surface area contributed by atoms with Crippen molar-refractivity contribution in [2.45, 2.75) is 76.3 Å². The van der Waals surface area contributed by atoms with Crippen molar-refractivity contribution < 1.29 is 0 Å². The first kappa shape index (κ1) is 15.6. The molecular formula is C21H29N. The SMILES string of the molecule is C(#Cc1ccccc1)CN(C1CCCCC1)C1CCCCC1. The van der Waals surface area contributed by atoms with Crippen LogP contribution in [-0.4, -0.2) is 23.5 Å². The summed E-state index contributed by atoms with van der Waals surface area (Å²) < 4.78 is 0. The van der Waals surface area contributed by atoms with Crippen molar-refractivity contribution in [3.8, 4) is 11.8 Å². The van der Waals surface area contributed by atoms with Crippen LogP contribution < -0.4 is 0 Å². The Hall–Kier alpha value is -1.26. The second-order valence-electron chi connectivity index (χ2n) is 6.92. The molecule has 22 heavy (non-hydrogen) atoms. The maximum atomic E-state index is 3.47. The molecule has 0 N–H and O–H groups in total. The van der Waals surface area contributed by atoms with Gasteiger partial charge in [-0.3, -0.25) is 4.90 Å². The molecule has 0 bridgehead atoms. The third kappa shape index (κ3) is 4.37. The van der Waals surface area contributed by atoms with Crippen LogP contribution in [0.5, 0.6) is 0 Å². The summed E-state index contributed by atoms with van der Waals surface area (Å²) in [5.74, 6) is 6.83. The van der Waals surface area contributed by atoms with Crippen LogP contribution in [0.25, 0.3) is 0 Å². The van der Waals surface area contributed by atoms with Gasteiger partial charge in [0.15, 0.2) is 0 Å². The van der Waals surface area contributed by atoms with Crippen molar-refractivity contribution in [2.24, 2.45) is 0 Å². The summed E-state index contributed by atoms with van der Waals surface area (Å²) in [6.45, 7) is 0.963. The van der Waals surface area contributed by atoms with Gasteiger partial charge in [-0.15, -0.1) is 0 Å². The van der Waals surface area contributed by atoms with E-state index in [9.17, 15) is 0 Å². The van der Waals surface area contributed by atoms with E-state index in [0.717, 1.165) is 24.2 Å². The van der Waals surface area contributed by atoms with E-state index in [1.807, 2.05) is 0 Å². The molecule has 0 atom stereocenters. The van der Waals surface area contributed by atoms with Crippen LogP contribution in [0.3, 0.4) is 0 Å². The molecule has 2 aliphatic rings. The van der Waals surface area contributed by atoms with Crippen LogP contribution in [0.15, 0.2) is 30.3 Å². The highest BCUT2D eigenvalue weighted by Gasteiger charge is 2.27. The Bertz CT molecular complexity index is 466. The molecule has 0 unspecified atom stereocenters. The monoisotopic (exact) mass is 295 g/mol. The highest BCUT2D eigenvalue weighted by Crippen LogP contribution is 2.29. The smallest absolute Gasteiger partial charge is 0.0610 e. The summed E-state index contributed by atoms with van der Waals surface area (Å²) >= 11 is 0. The summed E-state index contributed by atoms with van der Waals surface area (Å²) in [6.07, 6.45) is 14.1. The predicted octanol–water partition coefficient (Wildman–Crippen LogP) is 5.01. The van der Waals surface area contributed by atoms with Gasteiger partial charge in [0.05, 0.1) is 6.54 Å². The Kier molecular flexibility index (Phi) is 5.96. The quantitative estimate of drug-likeness (QED) is 0.709. The van der Waals surface area contributed by atoms with Crippen molar-refractivity contribution in [1.29, 1.82) is 0 Å². The summed E-state index contributed by atoms with van der Waals surface area (Å²) in [4.78, 5) is 2.77. The zero-order valence-corrected chi connectivity index (χ0v) is 13.8. The lowest BCUT2D eigenvalue weighted by molar-refractivity contribution is 0.0961. The summed E-state index contributed by atoms with van der Waals surface area (Å²) in [5, 5.41) is 0. The van der Waals surface area contributed by atoms with E-state index in [4.69, 9.17) is 0 Å². The first-order valence-corrected chi connectivity index (χ1v) is 9.23. The molecule has 1 heteroatoms. The first-order valence-electron chi connectivity index (χ1n) is 9.23. The zero-order valence-electron chi connectivity index (χ0n) is 13.8. The topological polar surface area (TPSA) is 3.24 Å². The van der Waals surface area contributed by atoms with Crippen LogP contribution in [0, 0.1) is 11.8 Å². The minimum atomic E-state index is 0.793. The summed E-state index contributed by atoms with van der Waals surface area (Å²) in [7, 11) is 0. The normalized spacial score (nSPS) is 20.6. The maximum absolute atomic E-state index is 3.47. The van der Waals surface area contributed by atoms with Gasteiger partial charge in [-0.1, -0.05) is 68.6 Å². The van der Waals surface area contributed by atoms with Crippen molar-refractivity contribution in [2.75, 3.05) is 6.54 Å². The molecule has 1 aromatic carbocycles. The molecule has 0 radical (unpaired) electrons. The van der Waals surface area contributed by atoms with E-state index in [1.165, 1.54) is 64.2 Å². The molecule has 0 spiro atoms. The van der Waals surface area contributed by atoms with E-state index in [2.05, 4.69) is 47.1 Å². The molecular weight excluding hydrogens is 266 g/mol. The number of rotatable bonds is 3. The van der Waals surface area contributed by atoms with Crippen molar-refractivity contribution in [1.82, 2.24) is 4.90 Å². The summed E-state index contributed by atoms with van der Waals surface area (Å²) in [5.41, 5.74) is 1.15. The Morgan fingerprint density at radius 3 is 1.86 bits per heavy atom. The second kappa shape index (κ2) is 8.39. The molecule has 0 saturated heterocycles. The Balaban J connectivity index is 1.66. The zero-order chi connectivity index (χ0) is 15.0. The molecule has 2 aliphatic carbocycles. The van der Waals surface area contributed by atoms with E-state index in [1.54, 1.807) is 0 Å². The Labute approximate surface area is 136 Å². The fourth-order valence-electron chi connectivity index (χ4n) is 4.14. The van der Waals surface area contributed by atoms with Gasteiger partial charge >= 0.3 is 0 Å². The average molecular weight is 295 g/mol. The lowest BCUT2D eigenvalue weighted by atomic mass is 9.88. The van der Waals surface area contributed by atoms with Gasteiger partial charge in [0, 0.05) is 17.6 Å². The number of benzene rings is 1. The molecule has 3 rings (SSSR count). The molecule has 2 saturated carbocycles. The molecule has 118 valence electrons. The van der Waals surface area contributed by atoms with Gasteiger partial charge < -0.3 is 0 Å². The van der Waals surface area contributed by atoms with Crippen molar-refractivity contribution >= 4 is 0 Å². The molecule has 0 amide bonds. The minimum Gasteiger partial charge on any atom is -0.286 e. The fourth-order valence-corrected chi connectivity index (χ4v) is 4.14. The predicted molar refractivity (Wildman–Crippen MR) is 93.8 cm³/mol. The van der Waals surface area contributed by atoms with Gasteiger partial charge in [0.25, 0.3) is 0 Å². The lowest BCUT2D eigenvalue weighted by Gasteiger charge is -2.40. The van der Waals surface area contributed by atoms with Crippen LogP contribution in [0.2, 0.25) is 0 Å². The van der Waals surface area contributed by atoms with Crippen LogP contribution in [-0.2, 0) is 0 Å². The Morgan fingerprint density at radius 1 is 0.773 bits per heavy atom. The van der Waals surface area contributed by atoms with Crippen LogP contribution in [0.4, 0.5) is 0 Å². The number of hydrogen-bond acceptors (Lipinski definition) is 1. The molecule has 2 fully saturated rings. The largest absolute Gasteiger partial charge is 0.286 e. The molecule has 0 aliphatic heterocycles. The summed E-state index contributed by atoms with van der Waals surface area (Å²) in [6, 6.07) is 12.0. The van der Waals surface area contributed by atoms with Crippen LogP contribution >= 0.6 is 0 Å². The highest BCUT2D eigenvalue weighted by atomic mass is 15.2. The van der Waals surface area contributed by atoms with Crippen molar-refractivity contribution in [3.63, 3.8) is 0 Å². The third-order valence-electron chi connectivity index (χ3n) is 5.36. The van der Waals surface area contributed by atoms with Crippen molar-refractivity contribution in [3.05, 3.63) is 35.9 Å². The van der Waals surface area contributed by atoms with Gasteiger partial charge in [-0.05, 0) is 37.8 Å². The lowest BCUT2D eigenvalue weighted by Crippen LogP contribution is -2.45. The van der Waals surface area contributed by atoms with Gasteiger partial charge in [-0.2, -0.15) is 0 Å². The van der Waals surface area contributed by atoms with E-state index < -0.39 is 0 Å². The van der Waals surface area contributed by atoms with E-state index >= 15 is 0 Å². The van der Waals surface area contributed by atoms with Crippen LogP contribution in [0.1, 0.15) is 69.8 Å². The standard InChI is InChI=1S/C21H29N/c1-4-11-19(12-5-1)13-10-18-22(20-14-6-2-7-15-20)21-16-8-3-9-17-21/h1,4-5,11-12,20-21H,2-3,6-9,14-18H2. The minimum absolute atomic E-state index is 0.793. The Morgan fingerprint density at radius 2 is 1.32 bits per heavy atom. The maximum Gasteiger partial charge on any atom is 0.0610 e. The van der Waals surface area contributed by atoms with Gasteiger partial charge in [-0.25, -0.2) is 0 Å². The molecule has 1 nitrogen and oxygen atoms in total. The highest BCUT2D eigenvalue weighted by molar-refractivity contribution is 5.33. The third-order valence-corrected chi connectivity index (χ3v) is 5.36. The number of nitrogens with zero attached hydrogens (tertiary/aromatic N) is 1.